The molecule has 82 valence electrons. The first kappa shape index (κ1) is 10.6. The van der Waals surface area contributed by atoms with E-state index in [4.69, 9.17) is 5.73 Å². The van der Waals surface area contributed by atoms with E-state index < -0.39 is 0 Å². The van der Waals surface area contributed by atoms with E-state index in [0.717, 1.165) is 13.1 Å². The number of nitrogens with zero attached hydrogens (tertiary/aromatic N) is 2. The van der Waals surface area contributed by atoms with Crippen molar-refractivity contribution in [2.75, 3.05) is 26.2 Å². The largest absolute Gasteiger partial charge is 0.329 e. The molecule has 0 amide bonds. The number of piperidine rings is 1. The molecule has 0 aromatic carbocycles. The van der Waals surface area contributed by atoms with Crippen molar-refractivity contribution in [3.63, 3.8) is 0 Å². The molecule has 0 unspecified atom stereocenters. The van der Waals surface area contributed by atoms with Crippen molar-refractivity contribution < 1.29 is 0 Å². The van der Waals surface area contributed by atoms with Gasteiger partial charge in [-0.15, -0.1) is 0 Å². The van der Waals surface area contributed by atoms with Crippen LogP contribution in [0.1, 0.15) is 24.5 Å². The van der Waals surface area contributed by atoms with Gasteiger partial charge in [0.15, 0.2) is 0 Å². The fourth-order valence-electron chi connectivity index (χ4n) is 2.25. The summed E-state index contributed by atoms with van der Waals surface area (Å²) in [6.45, 7) is 4.14. The van der Waals surface area contributed by atoms with Crippen LogP contribution in [0.2, 0.25) is 0 Å². The molecule has 1 saturated heterocycles. The van der Waals surface area contributed by atoms with Gasteiger partial charge in [-0.25, -0.2) is 0 Å². The molecule has 0 aliphatic carbocycles. The average Bonchev–Trinajstić information content (AvgIpc) is 2.32. The maximum atomic E-state index is 5.55. The van der Waals surface area contributed by atoms with Crippen LogP contribution in [0.5, 0.6) is 0 Å². The zero-order chi connectivity index (χ0) is 10.5. The van der Waals surface area contributed by atoms with Crippen molar-refractivity contribution in [2.45, 2.75) is 18.8 Å². The second-order valence-electron chi connectivity index (χ2n) is 4.16. The Hall–Kier alpha value is -0.930. The number of likely N-dealkylation sites (tertiary alicyclic amines) is 1. The first-order valence-electron chi connectivity index (χ1n) is 5.73. The third-order valence-corrected chi connectivity index (χ3v) is 3.14. The molecule has 1 aromatic rings. The molecular weight excluding hydrogens is 186 g/mol. The number of nitrogens with two attached hydrogens (primary N) is 1. The van der Waals surface area contributed by atoms with Gasteiger partial charge in [-0.05, 0) is 38.1 Å². The Morgan fingerprint density at radius 3 is 2.73 bits per heavy atom. The lowest BCUT2D eigenvalue weighted by molar-refractivity contribution is 0.216. The molecule has 15 heavy (non-hydrogen) atoms. The summed E-state index contributed by atoms with van der Waals surface area (Å²) in [5.74, 6) is 0.653. The Kier molecular flexibility index (Phi) is 3.69. The normalized spacial score (nSPS) is 19.3. The summed E-state index contributed by atoms with van der Waals surface area (Å²) >= 11 is 0. The smallest absolute Gasteiger partial charge is 0.0435 e. The third-order valence-electron chi connectivity index (χ3n) is 3.14. The standard InChI is InChI=1S/C12H19N3/c13-6-10-15-8-4-11(5-9-15)12-3-1-2-7-14-12/h1-3,7,11H,4-6,8-10,13H2. The molecular formula is C12H19N3. The highest BCUT2D eigenvalue weighted by Crippen LogP contribution is 2.25. The van der Waals surface area contributed by atoms with Crippen molar-refractivity contribution in [1.29, 1.82) is 0 Å². The van der Waals surface area contributed by atoms with E-state index in [2.05, 4.69) is 22.0 Å². The van der Waals surface area contributed by atoms with E-state index in [1.807, 2.05) is 12.3 Å². The van der Waals surface area contributed by atoms with E-state index in [0.29, 0.717) is 5.92 Å². The Morgan fingerprint density at radius 1 is 1.33 bits per heavy atom. The minimum atomic E-state index is 0.653. The molecule has 0 saturated carbocycles. The second-order valence-corrected chi connectivity index (χ2v) is 4.16. The van der Waals surface area contributed by atoms with Crippen LogP contribution < -0.4 is 5.73 Å². The van der Waals surface area contributed by atoms with Crippen LogP contribution in [-0.2, 0) is 0 Å². The highest BCUT2D eigenvalue weighted by atomic mass is 15.1. The monoisotopic (exact) mass is 205 g/mol. The first-order valence-corrected chi connectivity index (χ1v) is 5.73. The van der Waals surface area contributed by atoms with Crippen molar-refractivity contribution in [3.05, 3.63) is 30.1 Å². The highest BCUT2D eigenvalue weighted by Gasteiger charge is 2.20. The van der Waals surface area contributed by atoms with Crippen molar-refractivity contribution >= 4 is 0 Å². The molecule has 2 N–H and O–H groups in total. The number of hydrogen-bond acceptors (Lipinski definition) is 3. The number of rotatable bonds is 3. The van der Waals surface area contributed by atoms with Gasteiger partial charge in [0.05, 0.1) is 0 Å². The van der Waals surface area contributed by atoms with Gasteiger partial charge in [0.25, 0.3) is 0 Å². The molecule has 2 heterocycles. The van der Waals surface area contributed by atoms with Gasteiger partial charge in [0, 0.05) is 30.9 Å². The van der Waals surface area contributed by atoms with E-state index in [9.17, 15) is 0 Å². The summed E-state index contributed by atoms with van der Waals surface area (Å²) in [4.78, 5) is 6.87. The van der Waals surface area contributed by atoms with Crippen LogP contribution in [0.15, 0.2) is 24.4 Å². The minimum absolute atomic E-state index is 0.653. The van der Waals surface area contributed by atoms with Gasteiger partial charge < -0.3 is 10.6 Å². The molecule has 1 aliphatic rings. The van der Waals surface area contributed by atoms with Gasteiger partial charge in [-0.3, -0.25) is 4.98 Å². The van der Waals surface area contributed by atoms with Crippen LogP contribution >= 0.6 is 0 Å². The number of hydrogen-bond donors (Lipinski definition) is 1. The first-order chi connectivity index (χ1) is 7.40. The van der Waals surface area contributed by atoms with E-state index in [1.54, 1.807) is 0 Å². The third kappa shape index (κ3) is 2.76. The zero-order valence-corrected chi connectivity index (χ0v) is 9.10. The lowest BCUT2D eigenvalue weighted by Crippen LogP contribution is -2.36. The van der Waals surface area contributed by atoms with Gasteiger partial charge in [-0.1, -0.05) is 6.07 Å². The van der Waals surface area contributed by atoms with Crippen molar-refractivity contribution in [3.8, 4) is 0 Å². The molecule has 1 aromatic heterocycles. The second kappa shape index (κ2) is 5.24. The van der Waals surface area contributed by atoms with Crippen LogP contribution in [0, 0.1) is 0 Å². The fraction of sp³-hybridized carbons (Fsp3) is 0.583. The van der Waals surface area contributed by atoms with Crippen LogP contribution in [0.4, 0.5) is 0 Å². The summed E-state index contributed by atoms with van der Waals surface area (Å²) in [7, 11) is 0. The molecule has 0 radical (unpaired) electrons. The highest BCUT2D eigenvalue weighted by molar-refractivity contribution is 5.10. The Morgan fingerprint density at radius 2 is 2.13 bits per heavy atom. The topological polar surface area (TPSA) is 42.1 Å². The summed E-state index contributed by atoms with van der Waals surface area (Å²) in [5.41, 5.74) is 6.81. The maximum Gasteiger partial charge on any atom is 0.0435 e. The molecule has 3 nitrogen and oxygen atoms in total. The summed E-state index contributed by atoms with van der Waals surface area (Å²) in [6.07, 6.45) is 4.33. The maximum absolute atomic E-state index is 5.55. The predicted octanol–water partition coefficient (Wildman–Crippen LogP) is 1.22. The Balaban J connectivity index is 1.88. The van der Waals surface area contributed by atoms with Gasteiger partial charge in [0.2, 0.25) is 0 Å². The minimum Gasteiger partial charge on any atom is -0.329 e. The molecule has 3 heteroatoms. The van der Waals surface area contributed by atoms with Gasteiger partial charge in [0.1, 0.15) is 0 Å². The molecule has 1 fully saturated rings. The van der Waals surface area contributed by atoms with Crippen molar-refractivity contribution in [1.82, 2.24) is 9.88 Å². The summed E-state index contributed by atoms with van der Waals surface area (Å²) < 4.78 is 0. The SMILES string of the molecule is NCCN1CCC(c2ccccn2)CC1. The Labute approximate surface area is 91.3 Å². The van der Waals surface area contributed by atoms with E-state index in [1.165, 1.54) is 31.6 Å². The quantitative estimate of drug-likeness (QED) is 0.806. The predicted molar refractivity (Wildman–Crippen MR) is 61.7 cm³/mol. The lowest BCUT2D eigenvalue weighted by Gasteiger charge is -2.31. The Bertz CT molecular complexity index is 278. The van der Waals surface area contributed by atoms with E-state index in [-0.39, 0.29) is 0 Å². The number of pyridine rings is 1. The van der Waals surface area contributed by atoms with Gasteiger partial charge in [-0.2, -0.15) is 0 Å². The van der Waals surface area contributed by atoms with Crippen LogP contribution in [0.25, 0.3) is 0 Å². The summed E-state index contributed by atoms with van der Waals surface area (Å²) in [5, 5.41) is 0. The molecule has 2 rings (SSSR count). The molecule has 1 aliphatic heterocycles. The molecule has 0 bridgehead atoms. The average molecular weight is 205 g/mol. The van der Waals surface area contributed by atoms with Crippen molar-refractivity contribution in [2.24, 2.45) is 5.73 Å². The van der Waals surface area contributed by atoms with Crippen LogP contribution in [-0.4, -0.2) is 36.1 Å². The van der Waals surface area contributed by atoms with Crippen LogP contribution in [0.3, 0.4) is 0 Å². The lowest BCUT2D eigenvalue weighted by atomic mass is 9.93. The van der Waals surface area contributed by atoms with Gasteiger partial charge >= 0.3 is 0 Å². The number of aromatic nitrogens is 1. The van der Waals surface area contributed by atoms with E-state index >= 15 is 0 Å². The molecule has 0 atom stereocenters. The summed E-state index contributed by atoms with van der Waals surface area (Å²) in [6, 6.07) is 6.20. The molecule has 0 spiro atoms. The zero-order valence-electron chi connectivity index (χ0n) is 9.10. The fourth-order valence-corrected chi connectivity index (χ4v) is 2.25.